The molecule has 1 aliphatic heterocycles. The molecule has 2 aromatic rings. The third-order valence-electron chi connectivity index (χ3n) is 3.85. The molecular weight excluding hydrogens is 312 g/mol. The number of ether oxygens (including phenoxy) is 2. The Bertz CT molecular complexity index is 823. The molecule has 0 saturated carbocycles. The maximum Gasteiger partial charge on any atom is 0.338 e. The standard InChI is InChI=1S/C16H16N4O4/c1-9-12(15(22)24-3)13(20-16(19-9)17-8-18-20)10-4-6-11(7-5-10)14(21)23-2/h4-8,13H,1-3H3,(H,17,18,19)/t13-/m0/s1. The van der Waals surface area contributed by atoms with Crippen molar-refractivity contribution in [2.45, 2.75) is 13.0 Å². The van der Waals surface area contributed by atoms with E-state index in [9.17, 15) is 9.59 Å². The van der Waals surface area contributed by atoms with Crippen molar-refractivity contribution in [3.8, 4) is 0 Å². The number of carbonyl (C=O) groups excluding carboxylic acids is 2. The maximum absolute atomic E-state index is 12.3. The van der Waals surface area contributed by atoms with Crippen LogP contribution in [-0.2, 0) is 14.3 Å². The van der Waals surface area contributed by atoms with Crippen LogP contribution in [0.15, 0.2) is 41.9 Å². The van der Waals surface area contributed by atoms with E-state index in [1.807, 2.05) is 0 Å². The average Bonchev–Trinajstić information content (AvgIpc) is 3.07. The van der Waals surface area contributed by atoms with Crippen LogP contribution in [-0.4, -0.2) is 40.9 Å². The number of esters is 2. The van der Waals surface area contributed by atoms with Crippen LogP contribution in [0.3, 0.4) is 0 Å². The van der Waals surface area contributed by atoms with Gasteiger partial charge in [0.15, 0.2) is 0 Å². The highest BCUT2D eigenvalue weighted by Gasteiger charge is 2.34. The molecule has 1 aromatic heterocycles. The molecule has 1 atom stereocenters. The van der Waals surface area contributed by atoms with Gasteiger partial charge in [0, 0.05) is 5.70 Å². The summed E-state index contributed by atoms with van der Waals surface area (Å²) >= 11 is 0. The Balaban J connectivity index is 2.09. The number of allylic oxidation sites excluding steroid dienone is 1. The Morgan fingerprint density at radius 3 is 2.42 bits per heavy atom. The van der Waals surface area contributed by atoms with Crippen molar-refractivity contribution in [2.75, 3.05) is 19.5 Å². The molecule has 124 valence electrons. The van der Waals surface area contributed by atoms with Gasteiger partial charge in [-0.3, -0.25) is 0 Å². The summed E-state index contributed by atoms with van der Waals surface area (Å²) in [6, 6.07) is 6.30. The lowest BCUT2D eigenvalue weighted by Gasteiger charge is -2.27. The van der Waals surface area contributed by atoms with Gasteiger partial charge >= 0.3 is 11.9 Å². The van der Waals surface area contributed by atoms with Gasteiger partial charge in [0.2, 0.25) is 5.95 Å². The molecule has 1 aliphatic rings. The molecule has 0 saturated heterocycles. The molecule has 1 aromatic carbocycles. The van der Waals surface area contributed by atoms with Crippen molar-refractivity contribution in [3.63, 3.8) is 0 Å². The van der Waals surface area contributed by atoms with E-state index < -0.39 is 18.0 Å². The van der Waals surface area contributed by atoms with Gasteiger partial charge in [0.05, 0.1) is 25.4 Å². The first-order valence-electron chi connectivity index (χ1n) is 7.20. The number of aromatic nitrogens is 3. The lowest BCUT2D eigenvalue weighted by atomic mass is 9.95. The van der Waals surface area contributed by atoms with Crippen LogP contribution in [0.25, 0.3) is 0 Å². The van der Waals surface area contributed by atoms with E-state index in [1.165, 1.54) is 20.5 Å². The van der Waals surface area contributed by atoms with E-state index in [-0.39, 0.29) is 0 Å². The van der Waals surface area contributed by atoms with Gasteiger partial charge in [-0.15, -0.1) is 0 Å². The minimum absolute atomic E-state index is 0.423. The highest BCUT2D eigenvalue weighted by molar-refractivity contribution is 5.92. The maximum atomic E-state index is 12.3. The Labute approximate surface area is 138 Å². The number of benzene rings is 1. The molecule has 3 rings (SSSR count). The number of nitrogens with one attached hydrogen (secondary N) is 1. The van der Waals surface area contributed by atoms with Crippen molar-refractivity contribution < 1.29 is 19.1 Å². The van der Waals surface area contributed by atoms with Crippen LogP contribution in [0.2, 0.25) is 0 Å². The van der Waals surface area contributed by atoms with Crippen LogP contribution >= 0.6 is 0 Å². The molecule has 2 heterocycles. The fourth-order valence-electron chi connectivity index (χ4n) is 2.69. The first-order valence-corrected chi connectivity index (χ1v) is 7.20. The van der Waals surface area contributed by atoms with Gasteiger partial charge < -0.3 is 14.8 Å². The Morgan fingerprint density at radius 1 is 1.12 bits per heavy atom. The van der Waals surface area contributed by atoms with E-state index in [4.69, 9.17) is 9.47 Å². The van der Waals surface area contributed by atoms with Crippen molar-refractivity contribution in [1.82, 2.24) is 14.8 Å². The molecule has 1 N–H and O–H groups in total. The normalized spacial score (nSPS) is 16.2. The van der Waals surface area contributed by atoms with Gasteiger partial charge in [-0.05, 0) is 24.6 Å². The molecule has 0 radical (unpaired) electrons. The van der Waals surface area contributed by atoms with E-state index in [2.05, 4.69) is 15.4 Å². The lowest BCUT2D eigenvalue weighted by Crippen LogP contribution is -2.29. The summed E-state index contributed by atoms with van der Waals surface area (Å²) in [7, 11) is 2.66. The smallest absolute Gasteiger partial charge is 0.338 e. The number of hydrogen-bond donors (Lipinski definition) is 1. The summed E-state index contributed by atoms with van der Waals surface area (Å²) in [6.45, 7) is 1.78. The number of carbonyl (C=O) groups is 2. The molecule has 0 amide bonds. The molecule has 0 unspecified atom stereocenters. The minimum Gasteiger partial charge on any atom is -0.466 e. The molecule has 0 bridgehead atoms. The number of methoxy groups -OCH3 is 2. The molecule has 8 nitrogen and oxygen atoms in total. The third-order valence-corrected chi connectivity index (χ3v) is 3.85. The minimum atomic E-state index is -0.497. The first kappa shape index (κ1) is 15.7. The molecule has 24 heavy (non-hydrogen) atoms. The highest BCUT2D eigenvalue weighted by atomic mass is 16.5. The summed E-state index contributed by atoms with van der Waals surface area (Å²) in [5.41, 5.74) is 2.27. The van der Waals surface area contributed by atoms with Crippen LogP contribution in [0.5, 0.6) is 0 Å². The third kappa shape index (κ3) is 2.51. The fourth-order valence-corrected chi connectivity index (χ4v) is 2.69. The zero-order chi connectivity index (χ0) is 17.3. The van der Waals surface area contributed by atoms with Crippen LogP contribution < -0.4 is 5.32 Å². The molecule has 8 heteroatoms. The largest absolute Gasteiger partial charge is 0.466 e. The summed E-state index contributed by atoms with van der Waals surface area (Å²) in [5.74, 6) is -0.349. The van der Waals surface area contributed by atoms with Gasteiger partial charge in [0.25, 0.3) is 0 Å². The zero-order valence-corrected chi connectivity index (χ0v) is 13.4. The van der Waals surface area contributed by atoms with Crippen molar-refractivity contribution in [1.29, 1.82) is 0 Å². The topological polar surface area (TPSA) is 95.3 Å². The quantitative estimate of drug-likeness (QED) is 0.854. The van der Waals surface area contributed by atoms with Crippen molar-refractivity contribution in [2.24, 2.45) is 0 Å². The van der Waals surface area contributed by atoms with E-state index >= 15 is 0 Å². The van der Waals surface area contributed by atoms with Crippen LogP contribution in [0.4, 0.5) is 5.95 Å². The molecule has 0 fully saturated rings. The van der Waals surface area contributed by atoms with Gasteiger partial charge in [0.1, 0.15) is 12.4 Å². The molecule has 0 aliphatic carbocycles. The van der Waals surface area contributed by atoms with E-state index in [0.717, 1.165) is 5.56 Å². The summed E-state index contributed by atoms with van der Waals surface area (Å²) in [5, 5.41) is 7.24. The Hall–Kier alpha value is -3.16. The molecular formula is C16H16N4O4. The Kier molecular flexibility index (Phi) is 4.03. The number of fused-ring (bicyclic) bond motifs is 1. The SMILES string of the molecule is COC(=O)C1=C(C)Nc2ncnn2[C@H]1c1ccc(C(=O)OC)cc1. The number of rotatable bonds is 3. The predicted molar refractivity (Wildman–Crippen MR) is 84.3 cm³/mol. The van der Waals surface area contributed by atoms with E-state index in [1.54, 1.807) is 35.9 Å². The average molecular weight is 328 g/mol. The number of nitrogens with zero attached hydrogens (tertiary/aromatic N) is 3. The van der Waals surface area contributed by atoms with Crippen LogP contribution in [0.1, 0.15) is 28.9 Å². The zero-order valence-electron chi connectivity index (χ0n) is 13.4. The van der Waals surface area contributed by atoms with Crippen molar-refractivity contribution in [3.05, 3.63) is 53.0 Å². The summed E-state index contributed by atoms with van der Waals surface area (Å²) < 4.78 is 11.2. The summed E-state index contributed by atoms with van der Waals surface area (Å²) in [6.07, 6.45) is 1.41. The molecule has 0 spiro atoms. The highest BCUT2D eigenvalue weighted by Crippen LogP contribution is 2.35. The van der Waals surface area contributed by atoms with Gasteiger partial charge in [-0.2, -0.15) is 10.1 Å². The predicted octanol–water partition coefficient (Wildman–Crippen LogP) is 1.53. The second-order valence-electron chi connectivity index (χ2n) is 5.20. The Morgan fingerprint density at radius 2 is 1.79 bits per heavy atom. The van der Waals surface area contributed by atoms with E-state index in [0.29, 0.717) is 22.8 Å². The first-order chi connectivity index (χ1) is 11.6. The second-order valence-corrected chi connectivity index (χ2v) is 5.20. The summed E-state index contributed by atoms with van der Waals surface area (Å²) in [4.78, 5) is 28.0. The second kappa shape index (κ2) is 6.15. The van der Waals surface area contributed by atoms with Gasteiger partial charge in [-0.25, -0.2) is 14.3 Å². The fraction of sp³-hybridized carbons (Fsp3) is 0.250. The van der Waals surface area contributed by atoms with Gasteiger partial charge in [-0.1, -0.05) is 12.1 Å². The van der Waals surface area contributed by atoms with Crippen LogP contribution in [0, 0.1) is 0 Å². The number of hydrogen-bond acceptors (Lipinski definition) is 7. The lowest BCUT2D eigenvalue weighted by molar-refractivity contribution is -0.136. The monoisotopic (exact) mass is 328 g/mol. The number of anilines is 1. The van der Waals surface area contributed by atoms with Crippen molar-refractivity contribution >= 4 is 17.9 Å².